The van der Waals surface area contributed by atoms with Gasteiger partial charge in [0.25, 0.3) is 0 Å². The zero-order valence-corrected chi connectivity index (χ0v) is 76.0. The lowest BCUT2D eigenvalue weighted by atomic mass is 9.80. The molecule has 0 saturated carbocycles. The number of hydrogen-bond acceptors (Lipinski definition) is 16. The van der Waals surface area contributed by atoms with E-state index in [2.05, 4.69) is 159 Å². The quantitative estimate of drug-likeness (QED) is 0.0322. The molecule has 4 aliphatic rings. The van der Waals surface area contributed by atoms with Crippen LogP contribution in [0.25, 0.3) is 0 Å². The van der Waals surface area contributed by atoms with Crippen LogP contribution in [0.5, 0.6) is 0 Å². The molecule has 0 aromatic rings. The van der Waals surface area contributed by atoms with E-state index < -0.39 is 0 Å². The van der Waals surface area contributed by atoms with E-state index in [0.29, 0.717) is 25.7 Å². The highest BCUT2D eigenvalue weighted by atomic mass is 16.7. The van der Waals surface area contributed by atoms with E-state index in [1.54, 1.807) is 0 Å². The molecule has 16 nitrogen and oxygen atoms in total. The topological polar surface area (TPSA) is 155 Å². The molecule has 0 aromatic heterocycles. The third-order valence-corrected chi connectivity index (χ3v) is 23.8. The normalized spacial score (nSPS) is 20.1. The van der Waals surface area contributed by atoms with Crippen LogP contribution in [0.3, 0.4) is 0 Å². The molecule has 110 heavy (non-hydrogen) atoms. The van der Waals surface area contributed by atoms with Crippen LogP contribution in [0.1, 0.15) is 485 Å². The Bertz CT molecular complexity index is 2170. The summed E-state index contributed by atoms with van der Waals surface area (Å²) in [7, 11) is 0. The van der Waals surface area contributed by atoms with Crippen molar-refractivity contribution in [2.75, 3.05) is 26.4 Å². The van der Waals surface area contributed by atoms with Gasteiger partial charge in [-0.2, -0.15) is 20.3 Å². The summed E-state index contributed by atoms with van der Waals surface area (Å²) in [5.74, 6) is -0.317. The minimum Gasteiger partial charge on any atom is -0.462 e. The predicted octanol–water partition coefficient (Wildman–Crippen LogP) is 26.0. The first-order valence-corrected chi connectivity index (χ1v) is 46.6. The lowest BCUT2D eigenvalue weighted by Crippen LogP contribution is -2.62. The van der Waals surface area contributed by atoms with Gasteiger partial charge in [-0.05, 0) is 162 Å². The van der Waals surface area contributed by atoms with E-state index in [1.807, 2.05) is 0 Å². The molecule has 4 rings (SSSR count). The summed E-state index contributed by atoms with van der Waals surface area (Å²) in [5, 5.41) is 8.73. The lowest BCUT2D eigenvalue weighted by molar-refractivity contribution is -0.293. The molecule has 4 aliphatic heterocycles. The second kappa shape index (κ2) is 54.5. The highest BCUT2D eigenvalue weighted by Crippen LogP contribution is 2.44. The van der Waals surface area contributed by atoms with Crippen LogP contribution in [-0.2, 0) is 57.5 Å². The number of hydrogen-bond donors (Lipinski definition) is 0. The summed E-state index contributed by atoms with van der Waals surface area (Å²) in [6, 6.07) is 0. The Kier molecular flexibility index (Phi) is 50.4. The molecule has 0 atom stereocenters. The third-order valence-electron chi connectivity index (χ3n) is 23.8. The molecule has 0 radical (unpaired) electrons. The monoisotopic (exact) mass is 1560 g/mol. The van der Waals surface area contributed by atoms with Crippen LogP contribution in [0.15, 0.2) is 0 Å². The van der Waals surface area contributed by atoms with Crippen molar-refractivity contribution in [3.05, 3.63) is 0 Å². The van der Waals surface area contributed by atoms with Crippen molar-refractivity contribution >= 4 is 23.9 Å². The Morgan fingerprint density at radius 1 is 0.209 bits per heavy atom. The maximum absolute atomic E-state index is 12.8. The lowest BCUT2D eigenvalue weighted by Gasteiger charge is -2.53. The fourth-order valence-electron chi connectivity index (χ4n) is 19.1. The number of ether oxygens (including phenoxy) is 4. The molecule has 0 spiro atoms. The second-order valence-corrected chi connectivity index (χ2v) is 39.5. The molecular weight excluding hydrogens is 1380 g/mol. The molecular formula is C94H180N4O12. The van der Waals surface area contributed by atoms with Gasteiger partial charge in [0.05, 0.1) is 26.4 Å². The van der Waals surface area contributed by atoms with Gasteiger partial charge in [0, 0.05) is 121 Å². The minimum atomic E-state index is -0.203. The number of rotatable bonds is 60. The average molecular weight is 1560 g/mol. The molecule has 0 N–H and O–H groups in total. The summed E-state index contributed by atoms with van der Waals surface area (Å²) in [5.41, 5.74) is -1.62. The molecule has 648 valence electrons. The van der Waals surface area contributed by atoms with Gasteiger partial charge in [-0.25, -0.2) is 0 Å². The molecule has 4 fully saturated rings. The van der Waals surface area contributed by atoms with Crippen LogP contribution in [-0.4, -0.2) is 139 Å². The van der Waals surface area contributed by atoms with Gasteiger partial charge in [0.1, 0.15) is 24.4 Å². The number of hydroxylamine groups is 8. The van der Waals surface area contributed by atoms with Gasteiger partial charge in [-0.1, -0.05) is 246 Å². The van der Waals surface area contributed by atoms with Crippen LogP contribution < -0.4 is 0 Å². The van der Waals surface area contributed by atoms with Crippen molar-refractivity contribution in [2.24, 2.45) is 0 Å². The number of nitrogens with zero attached hydrogens (tertiary/aromatic N) is 4. The zero-order valence-electron chi connectivity index (χ0n) is 76.0. The molecule has 0 aliphatic carbocycles. The van der Waals surface area contributed by atoms with Gasteiger partial charge >= 0.3 is 23.9 Å². The van der Waals surface area contributed by atoms with E-state index in [9.17, 15) is 19.2 Å². The van der Waals surface area contributed by atoms with E-state index in [-0.39, 0.29) is 92.6 Å². The zero-order chi connectivity index (χ0) is 81.6. The average Bonchev–Trinajstić information content (AvgIpc) is 0.795. The molecule has 0 bridgehead atoms. The summed E-state index contributed by atoms with van der Waals surface area (Å²) >= 11 is 0. The van der Waals surface area contributed by atoms with Crippen LogP contribution in [0.2, 0.25) is 0 Å². The van der Waals surface area contributed by atoms with Crippen LogP contribution in [0, 0.1) is 0 Å². The van der Waals surface area contributed by atoms with Crippen molar-refractivity contribution in [1.82, 2.24) is 20.3 Å². The van der Waals surface area contributed by atoms with Gasteiger partial charge in [0.15, 0.2) is 0 Å². The van der Waals surface area contributed by atoms with Crippen molar-refractivity contribution in [1.29, 1.82) is 0 Å². The summed E-state index contributed by atoms with van der Waals surface area (Å²) in [6.07, 6.45) is 57.9. The maximum Gasteiger partial charge on any atom is 0.306 e. The number of esters is 4. The van der Waals surface area contributed by atoms with Crippen molar-refractivity contribution in [2.45, 2.75) is 554 Å². The maximum atomic E-state index is 12.8. The first-order valence-electron chi connectivity index (χ1n) is 46.6. The van der Waals surface area contributed by atoms with E-state index in [0.717, 1.165) is 181 Å². The summed E-state index contributed by atoms with van der Waals surface area (Å²) < 4.78 is 24.1. The highest BCUT2D eigenvalue weighted by Gasteiger charge is 2.52. The van der Waals surface area contributed by atoms with E-state index in [1.165, 1.54) is 167 Å². The Hall–Kier alpha value is -2.44. The minimum absolute atomic E-state index is 0.0788. The Balaban J connectivity index is 0.000000571. The standard InChI is InChI=1S/C48H92N2O6.C46H88N2O6/c1-11-13-15-17-19-23-27-31-35-53-49-45(3,4)37-41(38-46(49,5)6)55-43(51)33-29-25-21-22-26-30-34-44(52)56-42-39-47(7,8)50(48(9,10)40-42)54-36-32-28-24-20-18-16-14-12-2;1-11-13-15-17-21-25-29-33-51-47-43(3,4)35-39(36-44(47,5)6)53-41(49)31-27-23-19-20-24-28-32-42(50)54-40-37-45(7,8)48(46(9,10)38-40)52-34-30-26-22-18-16-14-12-2/h41-42H,11-40H2,1-10H3;39-40H,11-38H2,1-10H3. The van der Waals surface area contributed by atoms with Crippen molar-refractivity contribution in [3.8, 4) is 0 Å². The number of carbonyl (C=O) groups excluding carboxylic acids is 4. The Morgan fingerprint density at radius 2 is 0.336 bits per heavy atom. The summed E-state index contributed by atoms with van der Waals surface area (Å²) in [6.45, 7) is 47.4. The van der Waals surface area contributed by atoms with E-state index >= 15 is 0 Å². The second-order valence-electron chi connectivity index (χ2n) is 39.5. The highest BCUT2D eigenvalue weighted by molar-refractivity contribution is 5.70. The smallest absolute Gasteiger partial charge is 0.306 e. The number of piperidine rings is 4. The van der Waals surface area contributed by atoms with Gasteiger partial charge in [0.2, 0.25) is 0 Å². The van der Waals surface area contributed by atoms with Crippen molar-refractivity contribution in [3.63, 3.8) is 0 Å². The van der Waals surface area contributed by atoms with Gasteiger partial charge < -0.3 is 18.9 Å². The molecule has 0 unspecified atom stereocenters. The first-order chi connectivity index (χ1) is 52.1. The number of carbonyl (C=O) groups is 4. The molecule has 0 aromatic carbocycles. The van der Waals surface area contributed by atoms with Crippen LogP contribution in [0.4, 0.5) is 0 Å². The SMILES string of the molecule is CCCCCCCCCCON1C(C)(C)CC(OC(=O)CCCCCCCCC(=O)OC2CC(C)(C)N(OCCCCCCCCCC)C(C)(C)C2)CC1(C)C.CCCCCCCCCON1C(C)(C)CC(OC(=O)CCCCCCCCC(=O)OC2CC(C)(C)N(OCCCCCCCCC)C(C)(C)C2)CC1(C)C. The molecule has 16 heteroatoms. The fraction of sp³-hybridized carbons (Fsp3) is 0.957. The molecule has 0 amide bonds. The van der Waals surface area contributed by atoms with Crippen LogP contribution >= 0.6 is 0 Å². The summed E-state index contributed by atoms with van der Waals surface area (Å²) in [4.78, 5) is 76.8. The number of unbranched alkanes of at least 4 members (excludes halogenated alkanes) is 36. The first kappa shape index (κ1) is 102. The van der Waals surface area contributed by atoms with Gasteiger partial charge in [-0.15, -0.1) is 0 Å². The fourth-order valence-corrected chi connectivity index (χ4v) is 19.1. The van der Waals surface area contributed by atoms with Gasteiger partial charge in [-0.3, -0.25) is 38.5 Å². The predicted molar refractivity (Wildman–Crippen MR) is 455 cm³/mol. The third kappa shape index (κ3) is 42.1. The van der Waals surface area contributed by atoms with Crippen molar-refractivity contribution < 1.29 is 57.5 Å². The Morgan fingerprint density at radius 3 is 0.482 bits per heavy atom. The van der Waals surface area contributed by atoms with E-state index in [4.69, 9.17) is 38.3 Å². The Labute approximate surface area is 678 Å². The molecule has 4 heterocycles. The largest absolute Gasteiger partial charge is 0.462 e. The molecule has 4 saturated heterocycles.